The van der Waals surface area contributed by atoms with E-state index < -0.39 is 7.92 Å². The zero-order valence-electron chi connectivity index (χ0n) is 12.8. The van der Waals surface area contributed by atoms with Gasteiger partial charge in [-0.25, -0.2) is 0 Å². The van der Waals surface area contributed by atoms with Gasteiger partial charge < -0.3 is 10.2 Å². The monoisotopic (exact) mass is 317 g/mol. The Morgan fingerprint density at radius 1 is 0.682 bits per heavy atom. The predicted octanol–water partition coefficient (Wildman–Crippen LogP) is 1.41. The van der Waals surface area contributed by atoms with E-state index in [2.05, 4.69) is 53.4 Å². The Morgan fingerprint density at radius 2 is 1.14 bits per heavy atom. The molecule has 0 aliphatic carbocycles. The third kappa shape index (κ3) is 5.19. The van der Waals surface area contributed by atoms with Crippen molar-refractivity contribution in [2.75, 3.05) is 39.0 Å². The first-order valence-corrected chi connectivity index (χ1v) is 9.19. The van der Waals surface area contributed by atoms with Crippen LogP contribution in [-0.4, -0.2) is 54.1 Å². The Kier molecular flexibility index (Phi) is 7.55. The number of rotatable bonds is 9. The summed E-state index contributed by atoms with van der Waals surface area (Å²) in [6.07, 6.45) is 1.03. The molecule has 0 radical (unpaired) electrons. The largest absolute Gasteiger partial charge is 0.395 e. The van der Waals surface area contributed by atoms with E-state index in [1.807, 2.05) is 12.1 Å². The molecule has 2 rings (SSSR count). The minimum absolute atomic E-state index is 0.134. The fourth-order valence-corrected chi connectivity index (χ4v) is 4.84. The molecule has 2 N–H and O–H groups in total. The maximum atomic E-state index is 9.14. The van der Waals surface area contributed by atoms with Crippen molar-refractivity contribution >= 4 is 18.5 Å². The van der Waals surface area contributed by atoms with Crippen LogP contribution in [0.15, 0.2) is 60.7 Å². The molecule has 0 atom stereocenters. The molecule has 2 aromatic rings. The molecule has 118 valence electrons. The fourth-order valence-electron chi connectivity index (χ4n) is 2.48. The molecule has 0 aliphatic rings. The summed E-state index contributed by atoms with van der Waals surface area (Å²) < 4.78 is 0. The number of aliphatic hydroxyl groups is 2. The van der Waals surface area contributed by atoms with E-state index in [9.17, 15) is 0 Å². The van der Waals surface area contributed by atoms with Gasteiger partial charge in [0, 0.05) is 19.6 Å². The third-order valence-corrected chi connectivity index (χ3v) is 6.10. The second-order valence-corrected chi connectivity index (χ2v) is 7.45. The Hall–Kier alpha value is -1.25. The topological polar surface area (TPSA) is 43.7 Å². The SMILES string of the molecule is OCCN(CCO)CCP(c1ccccc1)c1ccccc1. The van der Waals surface area contributed by atoms with Crippen LogP contribution in [0.3, 0.4) is 0 Å². The van der Waals surface area contributed by atoms with Crippen LogP contribution in [0.5, 0.6) is 0 Å². The van der Waals surface area contributed by atoms with Crippen LogP contribution in [0.2, 0.25) is 0 Å². The average Bonchev–Trinajstić information content (AvgIpc) is 2.57. The molecule has 0 fully saturated rings. The number of nitrogens with zero attached hydrogens (tertiary/aromatic N) is 1. The molecule has 4 heteroatoms. The van der Waals surface area contributed by atoms with Gasteiger partial charge in [0.1, 0.15) is 0 Å². The lowest BCUT2D eigenvalue weighted by atomic mass is 10.4. The quantitative estimate of drug-likeness (QED) is 0.687. The first-order valence-electron chi connectivity index (χ1n) is 7.67. The summed E-state index contributed by atoms with van der Waals surface area (Å²) in [5.74, 6) is 0. The summed E-state index contributed by atoms with van der Waals surface area (Å²) in [5.41, 5.74) is 0. The zero-order valence-corrected chi connectivity index (χ0v) is 13.7. The lowest BCUT2D eigenvalue weighted by Crippen LogP contribution is -2.33. The van der Waals surface area contributed by atoms with Crippen LogP contribution in [0.4, 0.5) is 0 Å². The molecule has 0 heterocycles. The molecule has 0 aromatic heterocycles. The van der Waals surface area contributed by atoms with Crippen LogP contribution in [0, 0.1) is 0 Å². The molecule has 22 heavy (non-hydrogen) atoms. The van der Waals surface area contributed by atoms with Gasteiger partial charge in [0.05, 0.1) is 13.2 Å². The van der Waals surface area contributed by atoms with Gasteiger partial charge in [0.2, 0.25) is 0 Å². The average molecular weight is 317 g/mol. The molecular weight excluding hydrogens is 293 g/mol. The van der Waals surface area contributed by atoms with E-state index >= 15 is 0 Å². The van der Waals surface area contributed by atoms with E-state index in [1.54, 1.807) is 0 Å². The Bertz CT molecular complexity index is 476. The van der Waals surface area contributed by atoms with Gasteiger partial charge in [0.25, 0.3) is 0 Å². The number of hydrogen-bond donors (Lipinski definition) is 2. The summed E-state index contributed by atoms with van der Waals surface area (Å²) in [6.45, 7) is 2.39. The Balaban J connectivity index is 2.12. The van der Waals surface area contributed by atoms with Crippen molar-refractivity contribution in [2.45, 2.75) is 0 Å². The summed E-state index contributed by atoms with van der Waals surface area (Å²) >= 11 is 0. The standard InChI is InChI=1S/C18H24NO2P/c20-14-11-19(12-15-21)13-16-22(17-7-3-1-4-8-17)18-9-5-2-6-10-18/h1-10,20-21H,11-16H2. The first kappa shape index (κ1) is 17.1. The van der Waals surface area contributed by atoms with Crippen molar-refractivity contribution in [3.63, 3.8) is 0 Å². The summed E-state index contributed by atoms with van der Waals surface area (Å²) in [7, 11) is -0.410. The van der Waals surface area contributed by atoms with E-state index in [0.29, 0.717) is 13.1 Å². The smallest absolute Gasteiger partial charge is 0.0558 e. The molecule has 3 nitrogen and oxygen atoms in total. The van der Waals surface area contributed by atoms with Gasteiger partial charge in [-0.1, -0.05) is 60.7 Å². The molecule has 0 unspecified atom stereocenters. The van der Waals surface area contributed by atoms with Crippen LogP contribution >= 0.6 is 7.92 Å². The van der Waals surface area contributed by atoms with Crippen molar-refractivity contribution in [1.82, 2.24) is 4.90 Å². The lowest BCUT2D eigenvalue weighted by molar-refractivity contribution is 0.167. The highest BCUT2D eigenvalue weighted by Gasteiger charge is 2.15. The second kappa shape index (κ2) is 9.70. The van der Waals surface area contributed by atoms with E-state index in [4.69, 9.17) is 10.2 Å². The summed E-state index contributed by atoms with van der Waals surface area (Å²) in [5, 5.41) is 21.0. The zero-order chi connectivity index (χ0) is 15.6. The minimum atomic E-state index is -0.410. The number of aliphatic hydroxyl groups excluding tert-OH is 2. The molecule has 0 amide bonds. The van der Waals surface area contributed by atoms with Crippen LogP contribution < -0.4 is 10.6 Å². The molecule has 0 spiro atoms. The molecule has 0 aliphatic heterocycles. The van der Waals surface area contributed by atoms with Crippen LogP contribution in [-0.2, 0) is 0 Å². The van der Waals surface area contributed by atoms with Crippen molar-refractivity contribution < 1.29 is 10.2 Å². The summed E-state index contributed by atoms with van der Waals surface area (Å²) in [6, 6.07) is 21.2. The van der Waals surface area contributed by atoms with Crippen molar-refractivity contribution in [3.05, 3.63) is 60.7 Å². The van der Waals surface area contributed by atoms with Crippen molar-refractivity contribution in [3.8, 4) is 0 Å². The van der Waals surface area contributed by atoms with Gasteiger partial charge in [-0.15, -0.1) is 0 Å². The second-order valence-electron chi connectivity index (χ2n) is 5.11. The third-order valence-electron chi connectivity index (χ3n) is 3.61. The predicted molar refractivity (Wildman–Crippen MR) is 94.6 cm³/mol. The van der Waals surface area contributed by atoms with Crippen molar-refractivity contribution in [2.24, 2.45) is 0 Å². The Morgan fingerprint density at radius 3 is 1.55 bits per heavy atom. The molecule has 0 bridgehead atoms. The van der Waals surface area contributed by atoms with Gasteiger partial charge in [-0.3, -0.25) is 4.90 Å². The number of hydrogen-bond acceptors (Lipinski definition) is 3. The van der Waals surface area contributed by atoms with Crippen LogP contribution in [0.25, 0.3) is 0 Å². The maximum absolute atomic E-state index is 9.14. The number of benzene rings is 2. The fraction of sp³-hybridized carbons (Fsp3) is 0.333. The van der Waals surface area contributed by atoms with Crippen molar-refractivity contribution in [1.29, 1.82) is 0 Å². The summed E-state index contributed by atoms with van der Waals surface area (Å²) in [4.78, 5) is 2.13. The highest BCUT2D eigenvalue weighted by Crippen LogP contribution is 2.33. The van der Waals surface area contributed by atoms with E-state index in [1.165, 1.54) is 10.6 Å². The minimum Gasteiger partial charge on any atom is -0.395 e. The highest BCUT2D eigenvalue weighted by atomic mass is 31.1. The van der Waals surface area contributed by atoms with E-state index in [-0.39, 0.29) is 13.2 Å². The maximum Gasteiger partial charge on any atom is 0.0558 e. The van der Waals surface area contributed by atoms with Gasteiger partial charge in [-0.2, -0.15) is 0 Å². The van der Waals surface area contributed by atoms with Crippen LogP contribution in [0.1, 0.15) is 0 Å². The highest BCUT2D eigenvalue weighted by molar-refractivity contribution is 7.73. The molecule has 0 saturated heterocycles. The first-order chi connectivity index (χ1) is 10.8. The normalized spacial score (nSPS) is 11.3. The van der Waals surface area contributed by atoms with E-state index in [0.717, 1.165) is 12.7 Å². The van der Waals surface area contributed by atoms with Gasteiger partial charge in [0.15, 0.2) is 0 Å². The van der Waals surface area contributed by atoms with Gasteiger partial charge in [-0.05, 0) is 24.7 Å². The lowest BCUT2D eigenvalue weighted by Gasteiger charge is -2.24. The Labute approximate surface area is 134 Å². The molecule has 2 aromatic carbocycles. The molecular formula is C18H24NO2P. The van der Waals surface area contributed by atoms with Gasteiger partial charge >= 0.3 is 0 Å². The molecule has 0 saturated carbocycles.